The summed E-state index contributed by atoms with van der Waals surface area (Å²) in [6.07, 6.45) is 4.47. The Hall–Kier alpha value is -1.24. The largest absolute Gasteiger partial charge is 0.368 e. The molecule has 1 atom stereocenters. The van der Waals surface area contributed by atoms with Crippen molar-refractivity contribution >= 4 is 28.9 Å². The Bertz CT molecular complexity index is 564. The lowest BCUT2D eigenvalue weighted by molar-refractivity contribution is 0.755. The number of nitrogens with one attached hydrogen (secondary N) is 1. The van der Waals surface area contributed by atoms with Crippen molar-refractivity contribution in [2.24, 2.45) is 0 Å². The monoisotopic (exact) mass is 281 g/mol. The molecule has 1 aliphatic rings. The Morgan fingerprint density at radius 2 is 2.28 bits per heavy atom. The van der Waals surface area contributed by atoms with Crippen LogP contribution in [0.2, 0.25) is 5.02 Å². The van der Waals surface area contributed by atoms with Gasteiger partial charge in [0.05, 0.1) is 21.1 Å². The van der Waals surface area contributed by atoms with Crippen LogP contribution in [0.15, 0.2) is 12.4 Å². The van der Waals surface area contributed by atoms with Crippen LogP contribution in [-0.4, -0.2) is 28.0 Å². The van der Waals surface area contributed by atoms with E-state index in [4.69, 9.17) is 17.3 Å². The molecule has 0 spiro atoms. The predicted octanol–water partition coefficient (Wildman–Crippen LogP) is 1.91. The van der Waals surface area contributed by atoms with E-state index in [1.54, 1.807) is 11.3 Å². The highest BCUT2D eigenvalue weighted by Gasteiger charge is 2.21. The first-order valence-corrected chi connectivity index (χ1v) is 6.88. The number of nitrogens with two attached hydrogens (primary N) is 1. The Balaban J connectivity index is 1.94. The molecule has 3 rings (SSSR count). The number of hydrogen-bond donors (Lipinski definition) is 2. The van der Waals surface area contributed by atoms with Crippen molar-refractivity contribution in [3.63, 3.8) is 0 Å². The minimum absolute atomic E-state index is 0.229. The van der Waals surface area contributed by atoms with Gasteiger partial charge in [-0.05, 0) is 13.0 Å². The molecule has 3 heterocycles. The molecule has 0 amide bonds. The SMILES string of the molecule is Nc1ncc(Cl)c(-c2cnc(C3CCNC3)s2)n1. The van der Waals surface area contributed by atoms with Gasteiger partial charge in [-0.1, -0.05) is 11.6 Å². The zero-order valence-electron chi connectivity index (χ0n) is 9.56. The van der Waals surface area contributed by atoms with Gasteiger partial charge >= 0.3 is 0 Å². The third-order valence-corrected chi connectivity index (χ3v) is 4.37. The summed E-state index contributed by atoms with van der Waals surface area (Å²) in [5, 5.41) is 4.97. The molecular weight excluding hydrogens is 270 g/mol. The van der Waals surface area contributed by atoms with Crippen molar-refractivity contribution < 1.29 is 0 Å². The quantitative estimate of drug-likeness (QED) is 0.879. The molecule has 2 aromatic heterocycles. The minimum atomic E-state index is 0.229. The normalized spacial score (nSPS) is 19.3. The van der Waals surface area contributed by atoms with Crippen molar-refractivity contribution in [2.75, 3.05) is 18.8 Å². The Kier molecular flexibility index (Phi) is 3.15. The summed E-state index contributed by atoms with van der Waals surface area (Å²) in [7, 11) is 0. The number of halogens is 1. The van der Waals surface area contributed by atoms with Gasteiger partial charge in [0.15, 0.2) is 0 Å². The lowest BCUT2D eigenvalue weighted by Gasteiger charge is -2.02. The zero-order valence-corrected chi connectivity index (χ0v) is 11.1. The van der Waals surface area contributed by atoms with Gasteiger partial charge in [-0.25, -0.2) is 15.0 Å². The molecule has 94 valence electrons. The standard InChI is InChI=1S/C11H12ClN5S/c12-7-4-16-11(13)17-9(7)8-5-15-10(18-8)6-1-2-14-3-6/h4-6,14H,1-3H2,(H2,13,16,17). The van der Waals surface area contributed by atoms with Crippen LogP contribution in [0.1, 0.15) is 17.3 Å². The zero-order chi connectivity index (χ0) is 12.5. The van der Waals surface area contributed by atoms with Crippen LogP contribution in [0.3, 0.4) is 0 Å². The van der Waals surface area contributed by atoms with Crippen molar-refractivity contribution in [2.45, 2.75) is 12.3 Å². The second-order valence-electron chi connectivity index (χ2n) is 4.18. The molecule has 1 aliphatic heterocycles. The lowest BCUT2D eigenvalue weighted by Crippen LogP contribution is -2.07. The second kappa shape index (κ2) is 4.79. The number of nitrogens with zero attached hydrogens (tertiary/aromatic N) is 3. The fourth-order valence-electron chi connectivity index (χ4n) is 2.00. The predicted molar refractivity (Wildman–Crippen MR) is 72.8 cm³/mol. The molecule has 5 nitrogen and oxygen atoms in total. The summed E-state index contributed by atoms with van der Waals surface area (Å²) in [6, 6.07) is 0. The van der Waals surface area contributed by atoms with Crippen molar-refractivity contribution in [1.29, 1.82) is 0 Å². The highest BCUT2D eigenvalue weighted by atomic mass is 35.5. The molecule has 2 aromatic rings. The molecule has 7 heteroatoms. The summed E-state index contributed by atoms with van der Waals surface area (Å²) in [6.45, 7) is 2.05. The van der Waals surface area contributed by atoms with E-state index in [0.29, 0.717) is 16.6 Å². The van der Waals surface area contributed by atoms with Gasteiger partial charge in [0.1, 0.15) is 5.69 Å². The van der Waals surface area contributed by atoms with Crippen LogP contribution in [0.25, 0.3) is 10.6 Å². The first-order chi connectivity index (χ1) is 8.74. The molecule has 0 radical (unpaired) electrons. The van der Waals surface area contributed by atoms with Gasteiger partial charge in [-0.3, -0.25) is 0 Å². The smallest absolute Gasteiger partial charge is 0.220 e. The fraction of sp³-hybridized carbons (Fsp3) is 0.364. The van der Waals surface area contributed by atoms with Gasteiger partial charge in [0.2, 0.25) is 5.95 Å². The van der Waals surface area contributed by atoms with Crippen LogP contribution < -0.4 is 11.1 Å². The van der Waals surface area contributed by atoms with Crippen molar-refractivity contribution in [3.8, 4) is 10.6 Å². The third kappa shape index (κ3) is 2.19. The molecule has 0 aromatic carbocycles. The topological polar surface area (TPSA) is 76.7 Å². The molecule has 0 saturated carbocycles. The van der Waals surface area contributed by atoms with Crippen LogP contribution >= 0.6 is 22.9 Å². The average Bonchev–Trinajstić information content (AvgIpc) is 3.00. The second-order valence-corrected chi connectivity index (χ2v) is 5.65. The summed E-state index contributed by atoms with van der Waals surface area (Å²) in [5.74, 6) is 0.730. The van der Waals surface area contributed by atoms with Gasteiger partial charge in [-0.15, -0.1) is 11.3 Å². The maximum atomic E-state index is 6.09. The number of anilines is 1. The first-order valence-electron chi connectivity index (χ1n) is 5.69. The lowest BCUT2D eigenvalue weighted by atomic mass is 10.1. The summed E-state index contributed by atoms with van der Waals surface area (Å²) in [5.41, 5.74) is 6.25. The van der Waals surface area contributed by atoms with Gasteiger partial charge in [-0.2, -0.15) is 0 Å². The molecule has 0 bridgehead atoms. The van der Waals surface area contributed by atoms with E-state index in [-0.39, 0.29) is 5.95 Å². The first kappa shape index (κ1) is 11.8. The van der Waals surface area contributed by atoms with E-state index in [1.165, 1.54) is 6.20 Å². The van der Waals surface area contributed by atoms with E-state index in [2.05, 4.69) is 20.3 Å². The highest BCUT2D eigenvalue weighted by molar-refractivity contribution is 7.15. The van der Waals surface area contributed by atoms with E-state index >= 15 is 0 Å². The molecule has 1 fully saturated rings. The summed E-state index contributed by atoms with van der Waals surface area (Å²) in [4.78, 5) is 13.4. The number of nitrogen functional groups attached to an aromatic ring is 1. The maximum Gasteiger partial charge on any atom is 0.220 e. The van der Waals surface area contributed by atoms with E-state index in [1.807, 2.05) is 6.20 Å². The van der Waals surface area contributed by atoms with Gasteiger partial charge in [0, 0.05) is 18.7 Å². The molecule has 18 heavy (non-hydrogen) atoms. The molecular formula is C11H12ClN5S. The van der Waals surface area contributed by atoms with Gasteiger partial charge in [0.25, 0.3) is 0 Å². The van der Waals surface area contributed by atoms with E-state index in [0.717, 1.165) is 29.4 Å². The van der Waals surface area contributed by atoms with Crippen LogP contribution in [0.5, 0.6) is 0 Å². The highest BCUT2D eigenvalue weighted by Crippen LogP contribution is 2.34. The third-order valence-electron chi connectivity index (χ3n) is 2.93. The Labute approximate surface area is 113 Å². The van der Waals surface area contributed by atoms with Crippen LogP contribution in [0, 0.1) is 0 Å². The Morgan fingerprint density at radius 3 is 3.06 bits per heavy atom. The minimum Gasteiger partial charge on any atom is -0.368 e. The van der Waals surface area contributed by atoms with Crippen LogP contribution in [-0.2, 0) is 0 Å². The number of hydrogen-bond acceptors (Lipinski definition) is 6. The number of rotatable bonds is 2. The number of thiazole rings is 1. The molecule has 1 saturated heterocycles. The van der Waals surface area contributed by atoms with Crippen molar-refractivity contribution in [3.05, 3.63) is 22.4 Å². The summed E-state index contributed by atoms with van der Waals surface area (Å²) < 4.78 is 0. The fourth-order valence-corrected chi connectivity index (χ4v) is 3.31. The van der Waals surface area contributed by atoms with E-state index < -0.39 is 0 Å². The van der Waals surface area contributed by atoms with Crippen LogP contribution in [0.4, 0.5) is 5.95 Å². The Morgan fingerprint density at radius 1 is 1.39 bits per heavy atom. The molecule has 1 unspecified atom stereocenters. The molecule has 3 N–H and O–H groups in total. The van der Waals surface area contributed by atoms with E-state index in [9.17, 15) is 0 Å². The van der Waals surface area contributed by atoms with Gasteiger partial charge < -0.3 is 11.1 Å². The maximum absolute atomic E-state index is 6.09. The summed E-state index contributed by atoms with van der Waals surface area (Å²) >= 11 is 7.71. The number of aromatic nitrogens is 3. The molecule has 0 aliphatic carbocycles. The average molecular weight is 282 g/mol. The van der Waals surface area contributed by atoms with Crippen molar-refractivity contribution in [1.82, 2.24) is 20.3 Å².